The molecule has 0 saturated heterocycles. The van der Waals surface area contributed by atoms with Gasteiger partial charge in [-0.2, -0.15) is 0 Å². The summed E-state index contributed by atoms with van der Waals surface area (Å²) in [5.41, 5.74) is 3.07. The highest BCUT2D eigenvalue weighted by atomic mass is 35.5. The first-order chi connectivity index (χ1) is 10.9. The summed E-state index contributed by atoms with van der Waals surface area (Å²) in [7, 11) is -3.35. The van der Waals surface area contributed by atoms with E-state index in [-0.39, 0.29) is 17.3 Å². The highest BCUT2D eigenvalue weighted by Crippen LogP contribution is 2.33. The average molecular weight is 381 g/mol. The first-order valence-corrected chi connectivity index (χ1v) is 9.08. The second-order valence-electron chi connectivity index (χ2n) is 5.09. The summed E-state index contributed by atoms with van der Waals surface area (Å²) >= 11 is 6.11. The summed E-state index contributed by atoms with van der Waals surface area (Å²) in [5, 5.41) is 0.365. The van der Waals surface area contributed by atoms with Crippen molar-refractivity contribution in [3.05, 3.63) is 66.1 Å². The molecule has 0 fully saturated rings. The van der Waals surface area contributed by atoms with Gasteiger partial charge in [-0.1, -0.05) is 17.7 Å². The Kier molecular flexibility index (Phi) is 5.59. The smallest absolute Gasteiger partial charge is 0.175 e. The molecule has 3 rings (SSSR count). The first kappa shape index (κ1) is 18.4. The Hall–Kier alpha value is -1.95. The van der Waals surface area contributed by atoms with Crippen LogP contribution in [0, 0.1) is 0 Å². The van der Waals surface area contributed by atoms with E-state index in [2.05, 4.69) is 9.97 Å². The fourth-order valence-electron chi connectivity index (χ4n) is 2.30. The largest absolute Gasteiger partial charge is 0.264 e. The average Bonchev–Trinajstić information content (AvgIpc) is 2.54. The third kappa shape index (κ3) is 3.93. The number of benzene rings is 1. The Bertz CT molecular complexity index is 961. The van der Waals surface area contributed by atoms with Crippen LogP contribution in [0.1, 0.15) is 0 Å². The molecule has 0 aliphatic rings. The van der Waals surface area contributed by atoms with Crippen LogP contribution in [0.25, 0.3) is 22.4 Å². The molecule has 124 valence electrons. The molecule has 0 aliphatic heterocycles. The molecule has 4 nitrogen and oxygen atoms in total. The lowest BCUT2D eigenvalue weighted by molar-refractivity contribution is 0.602. The van der Waals surface area contributed by atoms with Crippen molar-refractivity contribution in [3.8, 4) is 22.4 Å². The molecule has 0 N–H and O–H groups in total. The second-order valence-corrected chi connectivity index (χ2v) is 7.54. The van der Waals surface area contributed by atoms with E-state index in [0.29, 0.717) is 10.6 Å². The number of aromatic nitrogens is 2. The van der Waals surface area contributed by atoms with E-state index in [9.17, 15) is 8.42 Å². The highest BCUT2D eigenvalue weighted by Gasteiger charge is 2.14. The van der Waals surface area contributed by atoms with Crippen molar-refractivity contribution in [3.63, 3.8) is 0 Å². The maximum atomic E-state index is 11.8. The minimum atomic E-state index is -3.35. The van der Waals surface area contributed by atoms with Gasteiger partial charge in [0.1, 0.15) is 0 Å². The van der Waals surface area contributed by atoms with Gasteiger partial charge in [0.25, 0.3) is 0 Å². The Morgan fingerprint density at radius 3 is 2.42 bits per heavy atom. The second kappa shape index (κ2) is 7.30. The van der Waals surface area contributed by atoms with Crippen molar-refractivity contribution in [2.75, 3.05) is 6.26 Å². The number of halogens is 2. The molecule has 24 heavy (non-hydrogen) atoms. The van der Waals surface area contributed by atoms with Gasteiger partial charge < -0.3 is 0 Å². The lowest BCUT2D eigenvalue weighted by Gasteiger charge is -2.10. The van der Waals surface area contributed by atoms with E-state index in [1.807, 2.05) is 18.2 Å². The van der Waals surface area contributed by atoms with E-state index in [4.69, 9.17) is 11.6 Å². The standard InChI is InChI=1S/C17H13ClN2O2S.ClH/c1-23(21,22)15-9-13(8-14(18)10-15)16-5-3-7-20-17(16)12-4-2-6-19-11-12;/h2-11H,1H3;1H. The number of hydrogen-bond acceptors (Lipinski definition) is 4. The third-order valence-electron chi connectivity index (χ3n) is 3.35. The quantitative estimate of drug-likeness (QED) is 0.679. The molecule has 1 aromatic carbocycles. The predicted octanol–water partition coefficient (Wildman–Crippen LogP) is 4.29. The van der Waals surface area contributed by atoms with Gasteiger partial charge in [0.2, 0.25) is 0 Å². The molecule has 0 unspecified atom stereocenters. The van der Waals surface area contributed by atoms with Crippen LogP contribution in [0.15, 0.2) is 66.0 Å². The summed E-state index contributed by atoms with van der Waals surface area (Å²) in [6, 6.07) is 12.2. The Morgan fingerprint density at radius 2 is 1.75 bits per heavy atom. The van der Waals surface area contributed by atoms with Crippen molar-refractivity contribution >= 4 is 33.8 Å². The number of hydrogen-bond donors (Lipinski definition) is 0. The van der Waals surface area contributed by atoms with Crippen LogP contribution in [0.3, 0.4) is 0 Å². The molecular weight excluding hydrogens is 367 g/mol. The fraction of sp³-hybridized carbons (Fsp3) is 0.0588. The zero-order chi connectivity index (χ0) is 16.4. The first-order valence-electron chi connectivity index (χ1n) is 6.81. The Labute approximate surface area is 151 Å². The van der Waals surface area contributed by atoms with Crippen molar-refractivity contribution in [2.45, 2.75) is 4.90 Å². The Morgan fingerprint density at radius 1 is 1.00 bits per heavy atom. The maximum Gasteiger partial charge on any atom is 0.175 e. The summed E-state index contributed by atoms with van der Waals surface area (Å²) in [6.07, 6.45) is 6.25. The van der Waals surface area contributed by atoms with Crippen molar-refractivity contribution in [2.24, 2.45) is 0 Å². The molecule has 0 atom stereocenters. The van der Waals surface area contributed by atoms with Crippen LogP contribution in [0.5, 0.6) is 0 Å². The zero-order valence-corrected chi connectivity index (χ0v) is 15.1. The van der Waals surface area contributed by atoms with E-state index >= 15 is 0 Å². The van der Waals surface area contributed by atoms with Crippen LogP contribution in [0.2, 0.25) is 5.02 Å². The van der Waals surface area contributed by atoms with Gasteiger partial charge in [-0.3, -0.25) is 9.97 Å². The molecule has 2 heterocycles. The highest BCUT2D eigenvalue weighted by molar-refractivity contribution is 7.90. The molecule has 0 amide bonds. The van der Waals surface area contributed by atoms with Gasteiger partial charge in [0, 0.05) is 41.0 Å². The molecule has 7 heteroatoms. The number of sulfone groups is 1. The van der Waals surface area contributed by atoms with Gasteiger partial charge >= 0.3 is 0 Å². The summed E-state index contributed by atoms with van der Waals surface area (Å²) in [4.78, 5) is 8.70. The predicted molar refractivity (Wildman–Crippen MR) is 98.3 cm³/mol. The molecule has 0 aliphatic carbocycles. The van der Waals surface area contributed by atoms with Crippen LogP contribution in [-0.4, -0.2) is 24.6 Å². The molecule has 3 aromatic rings. The normalized spacial score (nSPS) is 10.9. The fourth-order valence-corrected chi connectivity index (χ4v) is 3.29. The maximum absolute atomic E-state index is 11.8. The summed E-state index contributed by atoms with van der Waals surface area (Å²) < 4.78 is 23.7. The minimum Gasteiger partial charge on any atom is -0.264 e. The van der Waals surface area contributed by atoms with Gasteiger partial charge in [0.05, 0.1) is 10.6 Å². The molecule has 2 aromatic heterocycles. The lowest BCUT2D eigenvalue weighted by Crippen LogP contribution is -1.98. The van der Waals surface area contributed by atoms with Crippen LogP contribution >= 0.6 is 24.0 Å². The van der Waals surface area contributed by atoms with Gasteiger partial charge in [0.15, 0.2) is 9.84 Å². The minimum absolute atomic E-state index is 0. The summed E-state index contributed by atoms with van der Waals surface area (Å²) in [6.45, 7) is 0. The van der Waals surface area contributed by atoms with E-state index < -0.39 is 9.84 Å². The Balaban J connectivity index is 0.00000208. The summed E-state index contributed by atoms with van der Waals surface area (Å²) in [5.74, 6) is 0. The van der Waals surface area contributed by atoms with Crippen LogP contribution in [0.4, 0.5) is 0 Å². The SMILES string of the molecule is CS(=O)(=O)c1cc(Cl)cc(-c2cccnc2-c2cccnc2)c1.Cl. The molecule has 0 radical (unpaired) electrons. The van der Waals surface area contributed by atoms with Gasteiger partial charge in [-0.05, 0) is 42.0 Å². The number of nitrogens with zero attached hydrogens (tertiary/aromatic N) is 2. The van der Waals surface area contributed by atoms with Crippen LogP contribution < -0.4 is 0 Å². The molecule has 0 saturated carbocycles. The van der Waals surface area contributed by atoms with Crippen molar-refractivity contribution in [1.29, 1.82) is 0 Å². The molecular formula is C17H14Cl2N2O2S. The topological polar surface area (TPSA) is 59.9 Å². The van der Waals surface area contributed by atoms with E-state index in [0.717, 1.165) is 23.1 Å². The van der Waals surface area contributed by atoms with E-state index in [1.54, 1.807) is 36.8 Å². The van der Waals surface area contributed by atoms with Crippen LogP contribution in [-0.2, 0) is 9.84 Å². The molecule has 0 bridgehead atoms. The van der Waals surface area contributed by atoms with Gasteiger partial charge in [-0.15, -0.1) is 12.4 Å². The third-order valence-corrected chi connectivity index (χ3v) is 4.66. The lowest BCUT2D eigenvalue weighted by atomic mass is 10.0. The monoisotopic (exact) mass is 380 g/mol. The molecule has 0 spiro atoms. The number of pyridine rings is 2. The zero-order valence-electron chi connectivity index (χ0n) is 12.7. The van der Waals surface area contributed by atoms with Gasteiger partial charge in [-0.25, -0.2) is 8.42 Å². The van der Waals surface area contributed by atoms with Crippen molar-refractivity contribution in [1.82, 2.24) is 9.97 Å². The number of rotatable bonds is 3. The van der Waals surface area contributed by atoms with Crippen molar-refractivity contribution < 1.29 is 8.42 Å². The van der Waals surface area contributed by atoms with E-state index in [1.165, 1.54) is 6.07 Å².